The Labute approximate surface area is 119 Å². The minimum absolute atomic E-state index is 0.186. The van der Waals surface area contributed by atoms with Gasteiger partial charge in [0.15, 0.2) is 0 Å². The van der Waals surface area contributed by atoms with E-state index >= 15 is 0 Å². The lowest BCUT2D eigenvalue weighted by Gasteiger charge is -2.02. The molecule has 0 spiro atoms. The zero-order valence-corrected chi connectivity index (χ0v) is 11.7. The third-order valence-electron chi connectivity index (χ3n) is 3.21. The molecule has 2 aromatic heterocycles. The number of amides is 1. The third kappa shape index (κ3) is 2.44. The number of nitrogens with one attached hydrogen (secondary N) is 2. The molecule has 0 radical (unpaired) electrons. The van der Waals surface area contributed by atoms with Gasteiger partial charge in [0.25, 0.3) is 5.91 Å². The van der Waals surface area contributed by atoms with Gasteiger partial charge in [-0.25, -0.2) is 4.39 Å². The lowest BCUT2D eigenvalue weighted by Crippen LogP contribution is -2.22. The van der Waals surface area contributed by atoms with Crippen molar-refractivity contribution in [1.29, 1.82) is 0 Å². The maximum Gasteiger partial charge on any atom is 0.268 e. The number of aromatic amines is 1. The summed E-state index contributed by atoms with van der Waals surface area (Å²) in [4.78, 5) is 16.2. The number of thiophene rings is 1. The lowest BCUT2D eigenvalue weighted by molar-refractivity contribution is 0.0947. The van der Waals surface area contributed by atoms with Crippen LogP contribution in [0.3, 0.4) is 0 Å². The summed E-state index contributed by atoms with van der Waals surface area (Å²) in [6, 6.07) is 8.10. The van der Waals surface area contributed by atoms with Crippen molar-refractivity contribution in [2.45, 2.75) is 13.5 Å². The van der Waals surface area contributed by atoms with Crippen molar-refractivity contribution in [2.24, 2.45) is 0 Å². The van der Waals surface area contributed by atoms with Gasteiger partial charge < -0.3 is 10.3 Å². The maximum absolute atomic E-state index is 13.1. The molecule has 0 atom stereocenters. The van der Waals surface area contributed by atoms with E-state index in [2.05, 4.69) is 10.3 Å². The predicted octanol–water partition coefficient (Wildman–Crippen LogP) is 3.61. The van der Waals surface area contributed by atoms with Crippen LogP contribution in [0.25, 0.3) is 10.9 Å². The molecule has 0 unspecified atom stereocenters. The van der Waals surface area contributed by atoms with E-state index in [1.54, 1.807) is 23.5 Å². The molecule has 0 bridgehead atoms. The molecule has 1 aromatic carbocycles. The number of carbonyl (C=O) groups is 1. The van der Waals surface area contributed by atoms with Crippen LogP contribution in [0.1, 0.15) is 20.9 Å². The fourth-order valence-corrected chi connectivity index (χ4v) is 2.91. The molecule has 2 heterocycles. The number of hydrogen-bond acceptors (Lipinski definition) is 2. The second-order valence-electron chi connectivity index (χ2n) is 4.62. The second kappa shape index (κ2) is 5.09. The first-order valence-corrected chi connectivity index (χ1v) is 7.11. The first kappa shape index (κ1) is 12.9. The quantitative estimate of drug-likeness (QED) is 0.760. The van der Waals surface area contributed by atoms with E-state index in [1.165, 1.54) is 17.7 Å². The summed E-state index contributed by atoms with van der Waals surface area (Å²) in [5.41, 5.74) is 2.37. The minimum atomic E-state index is -0.308. The van der Waals surface area contributed by atoms with E-state index < -0.39 is 0 Å². The van der Waals surface area contributed by atoms with E-state index in [0.29, 0.717) is 17.6 Å². The van der Waals surface area contributed by atoms with Crippen LogP contribution in [0, 0.1) is 12.7 Å². The molecule has 3 rings (SSSR count). The zero-order chi connectivity index (χ0) is 14.1. The molecule has 5 heteroatoms. The molecule has 0 fully saturated rings. The SMILES string of the molecule is Cc1ccsc1CNC(=O)c1cc2cc(F)ccc2[nH]1. The van der Waals surface area contributed by atoms with Gasteiger partial charge in [0.05, 0.1) is 6.54 Å². The standard InChI is InChI=1S/C15H13FN2OS/c1-9-4-5-20-14(9)8-17-15(19)13-7-10-6-11(16)2-3-12(10)18-13/h2-7,18H,8H2,1H3,(H,17,19). The van der Waals surface area contributed by atoms with E-state index in [1.807, 2.05) is 18.4 Å². The van der Waals surface area contributed by atoms with Gasteiger partial charge in [-0.1, -0.05) is 0 Å². The molecule has 102 valence electrons. The van der Waals surface area contributed by atoms with Crippen LogP contribution in [0.2, 0.25) is 0 Å². The Balaban J connectivity index is 1.77. The number of H-pyrrole nitrogens is 1. The molecule has 2 N–H and O–H groups in total. The van der Waals surface area contributed by atoms with Crippen LogP contribution in [-0.4, -0.2) is 10.9 Å². The molecule has 0 aliphatic rings. The molecule has 0 saturated carbocycles. The Kier molecular flexibility index (Phi) is 3.28. The summed E-state index contributed by atoms with van der Waals surface area (Å²) in [6.45, 7) is 2.52. The molecular formula is C15H13FN2OS. The van der Waals surface area contributed by atoms with Gasteiger partial charge >= 0.3 is 0 Å². The van der Waals surface area contributed by atoms with Gasteiger partial charge in [-0.05, 0) is 48.2 Å². The van der Waals surface area contributed by atoms with Crippen LogP contribution >= 0.6 is 11.3 Å². The Morgan fingerprint density at radius 1 is 1.35 bits per heavy atom. The van der Waals surface area contributed by atoms with E-state index in [4.69, 9.17) is 0 Å². The summed E-state index contributed by atoms with van der Waals surface area (Å²) in [7, 11) is 0. The summed E-state index contributed by atoms with van der Waals surface area (Å²) in [5.74, 6) is -0.493. The van der Waals surface area contributed by atoms with Crippen LogP contribution in [-0.2, 0) is 6.54 Å². The van der Waals surface area contributed by atoms with Crippen LogP contribution in [0.5, 0.6) is 0 Å². The monoisotopic (exact) mass is 288 g/mol. The Hall–Kier alpha value is -2.14. The smallest absolute Gasteiger partial charge is 0.268 e. The fraction of sp³-hybridized carbons (Fsp3) is 0.133. The number of aromatic nitrogens is 1. The first-order valence-electron chi connectivity index (χ1n) is 6.23. The molecule has 0 aliphatic heterocycles. The van der Waals surface area contributed by atoms with Crippen molar-refractivity contribution in [1.82, 2.24) is 10.3 Å². The number of hydrogen-bond donors (Lipinski definition) is 2. The van der Waals surface area contributed by atoms with Crippen LogP contribution in [0.4, 0.5) is 4.39 Å². The lowest BCUT2D eigenvalue weighted by atomic mass is 10.2. The molecule has 3 aromatic rings. The van der Waals surface area contributed by atoms with E-state index in [9.17, 15) is 9.18 Å². The maximum atomic E-state index is 13.1. The number of carbonyl (C=O) groups excluding carboxylic acids is 1. The van der Waals surface area contributed by atoms with Gasteiger partial charge in [-0.15, -0.1) is 11.3 Å². The van der Waals surface area contributed by atoms with Gasteiger partial charge in [-0.2, -0.15) is 0 Å². The summed E-state index contributed by atoms with van der Waals surface area (Å²) < 4.78 is 13.1. The highest BCUT2D eigenvalue weighted by Crippen LogP contribution is 2.18. The van der Waals surface area contributed by atoms with Crippen molar-refractivity contribution in [3.63, 3.8) is 0 Å². The number of fused-ring (bicyclic) bond motifs is 1. The van der Waals surface area contributed by atoms with Gasteiger partial charge in [-0.3, -0.25) is 4.79 Å². The third-order valence-corrected chi connectivity index (χ3v) is 4.23. The van der Waals surface area contributed by atoms with Crippen molar-refractivity contribution in [3.05, 3.63) is 57.7 Å². The largest absolute Gasteiger partial charge is 0.351 e. The summed E-state index contributed by atoms with van der Waals surface area (Å²) in [6.07, 6.45) is 0. The van der Waals surface area contributed by atoms with Crippen LogP contribution < -0.4 is 5.32 Å². The van der Waals surface area contributed by atoms with Gasteiger partial charge in [0, 0.05) is 15.8 Å². The Morgan fingerprint density at radius 2 is 2.20 bits per heavy atom. The van der Waals surface area contributed by atoms with E-state index in [0.717, 1.165) is 10.4 Å². The first-order chi connectivity index (χ1) is 9.63. The number of benzene rings is 1. The predicted molar refractivity (Wildman–Crippen MR) is 78.5 cm³/mol. The Bertz CT molecular complexity index is 775. The molecule has 0 saturated heterocycles. The molecule has 20 heavy (non-hydrogen) atoms. The van der Waals surface area contributed by atoms with Crippen LogP contribution in [0.15, 0.2) is 35.7 Å². The van der Waals surface area contributed by atoms with Gasteiger partial charge in [0.1, 0.15) is 11.5 Å². The highest BCUT2D eigenvalue weighted by Gasteiger charge is 2.10. The number of rotatable bonds is 3. The molecule has 1 amide bonds. The second-order valence-corrected chi connectivity index (χ2v) is 5.62. The van der Waals surface area contributed by atoms with Crippen molar-refractivity contribution >= 4 is 28.1 Å². The number of halogens is 1. The minimum Gasteiger partial charge on any atom is -0.351 e. The fourth-order valence-electron chi connectivity index (χ4n) is 2.07. The molecule has 0 aliphatic carbocycles. The molecular weight excluding hydrogens is 275 g/mol. The summed E-state index contributed by atoms with van der Waals surface area (Å²) >= 11 is 1.62. The average molecular weight is 288 g/mol. The van der Waals surface area contributed by atoms with Crippen molar-refractivity contribution < 1.29 is 9.18 Å². The van der Waals surface area contributed by atoms with Crippen molar-refractivity contribution in [2.75, 3.05) is 0 Å². The summed E-state index contributed by atoms with van der Waals surface area (Å²) in [5, 5.41) is 5.56. The highest BCUT2D eigenvalue weighted by atomic mass is 32.1. The molecule has 3 nitrogen and oxygen atoms in total. The van der Waals surface area contributed by atoms with E-state index in [-0.39, 0.29) is 11.7 Å². The van der Waals surface area contributed by atoms with Gasteiger partial charge in [0.2, 0.25) is 0 Å². The zero-order valence-electron chi connectivity index (χ0n) is 10.9. The highest BCUT2D eigenvalue weighted by molar-refractivity contribution is 7.10. The van der Waals surface area contributed by atoms with Crippen molar-refractivity contribution in [3.8, 4) is 0 Å². The topological polar surface area (TPSA) is 44.9 Å². The Morgan fingerprint density at radius 3 is 2.95 bits per heavy atom. The average Bonchev–Trinajstić information content (AvgIpc) is 3.01. The normalized spacial score (nSPS) is 10.9. The number of aryl methyl sites for hydroxylation is 1.